The topological polar surface area (TPSA) is 72.2 Å². The Hall–Kier alpha value is -1.76. The van der Waals surface area contributed by atoms with Crippen LogP contribution in [0, 0.1) is 12.7 Å². The standard InChI is InChI=1S/C15H17FN2O2S/c1-11-2-7-14(16)15(8-11)21(19,20)18-10-13-5-3-12(9-17)4-6-13/h2-8,18H,9-10,17H2,1H3. The Balaban J connectivity index is 2.15. The largest absolute Gasteiger partial charge is 0.326 e. The first-order valence-corrected chi connectivity index (χ1v) is 7.94. The Labute approximate surface area is 123 Å². The smallest absolute Gasteiger partial charge is 0.243 e. The summed E-state index contributed by atoms with van der Waals surface area (Å²) in [6, 6.07) is 11.2. The lowest BCUT2D eigenvalue weighted by atomic mass is 10.1. The van der Waals surface area contributed by atoms with Gasteiger partial charge in [-0.15, -0.1) is 0 Å². The number of hydrogen-bond acceptors (Lipinski definition) is 3. The molecule has 2 rings (SSSR count). The van der Waals surface area contributed by atoms with Crippen LogP contribution in [0.2, 0.25) is 0 Å². The van der Waals surface area contributed by atoms with Crippen LogP contribution >= 0.6 is 0 Å². The Morgan fingerprint density at radius 3 is 2.33 bits per heavy atom. The lowest BCUT2D eigenvalue weighted by molar-refractivity contribution is 0.556. The van der Waals surface area contributed by atoms with E-state index >= 15 is 0 Å². The van der Waals surface area contributed by atoms with Crippen LogP contribution in [0.5, 0.6) is 0 Å². The third-order valence-electron chi connectivity index (χ3n) is 3.10. The van der Waals surface area contributed by atoms with Crippen molar-refractivity contribution >= 4 is 10.0 Å². The van der Waals surface area contributed by atoms with Crippen molar-refractivity contribution in [2.75, 3.05) is 0 Å². The van der Waals surface area contributed by atoms with Gasteiger partial charge in [-0.3, -0.25) is 0 Å². The zero-order chi connectivity index (χ0) is 15.5. The third kappa shape index (κ3) is 3.87. The number of sulfonamides is 1. The lowest BCUT2D eigenvalue weighted by Gasteiger charge is -2.09. The SMILES string of the molecule is Cc1ccc(F)c(S(=O)(=O)NCc2ccc(CN)cc2)c1. The molecule has 0 spiro atoms. The van der Waals surface area contributed by atoms with E-state index < -0.39 is 15.8 Å². The molecule has 0 atom stereocenters. The van der Waals surface area contributed by atoms with Crippen LogP contribution in [0.15, 0.2) is 47.4 Å². The van der Waals surface area contributed by atoms with Crippen LogP contribution in [0.3, 0.4) is 0 Å². The van der Waals surface area contributed by atoms with Gasteiger partial charge in [-0.1, -0.05) is 30.3 Å². The van der Waals surface area contributed by atoms with Gasteiger partial charge >= 0.3 is 0 Å². The predicted octanol–water partition coefficient (Wildman–Crippen LogP) is 2.07. The summed E-state index contributed by atoms with van der Waals surface area (Å²) in [6.07, 6.45) is 0. The molecule has 0 bridgehead atoms. The minimum Gasteiger partial charge on any atom is -0.326 e. The first-order chi connectivity index (χ1) is 9.92. The molecule has 0 heterocycles. The fraction of sp³-hybridized carbons (Fsp3) is 0.200. The normalized spacial score (nSPS) is 11.6. The maximum atomic E-state index is 13.7. The second-order valence-corrected chi connectivity index (χ2v) is 6.51. The zero-order valence-corrected chi connectivity index (χ0v) is 12.5. The van der Waals surface area contributed by atoms with E-state index in [1.165, 1.54) is 12.1 Å². The van der Waals surface area contributed by atoms with Gasteiger partial charge in [0.05, 0.1) is 0 Å². The van der Waals surface area contributed by atoms with Gasteiger partial charge in [0.1, 0.15) is 10.7 Å². The predicted molar refractivity (Wildman–Crippen MR) is 79.5 cm³/mol. The molecule has 21 heavy (non-hydrogen) atoms. The van der Waals surface area contributed by atoms with Crippen molar-refractivity contribution < 1.29 is 12.8 Å². The van der Waals surface area contributed by atoms with Crippen molar-refractivity contribution in [2.45, 2.75) is 24.9 Å². The summed E-state index contributed by atoms with van der Waals surface area (Å²) >= 11 is 0. The Bertz CT molecular complexity index is 728. The summed E-state index contributed by atoms with van der Waals surface area (Å²) in [5.74, 6) is -0.758. The highest BCUT2D eigenvalue weighted by molar-refractivity contribution is 7.89. The molecule has 3 N–H and O–H groups in total. The summed E-state index contributed by atoms with van der Waals surface area (Å²) in [6.45, 7) is 2.24. The average molecular weight is 308 g/mol. The van der Waals surface area contributed by atoms with Crippen molar-refractivity contribution in [3.05, 3.63) is 65.0 Å². The van der Waals surface area contributed by atoms with Gasteiger partial charge in [0.2, 0.25) is 10.0 Å². The van der Waals surface area contributed by atoms with E-state index in [9.17, 15) is 12.8 Å². The van der Waals surface area contributed by atoms with E-state index in [0.29, 0.717) is 12.1 Å². The number of rotatable bonds is 5. The molecule has 0 unspecified atom stereocenters. The van der Waals surface area contributed by atoms with Crippen LogP contribution in [0.25, 0.3) is 0 Å². The molecule has 0 saturated heterocycles. The Morgan fingerprint density at radius 1 is 1.10 bits per heavy atom. The number of hydrogen-bond donors (Lipinski definition) is 2. The molecule has 0 aliphatic heterocycles. The minimum atomic E-state index is -3.88. The van der Waals surface area contributed by atoms with Crippen molar-refractivity contribution in [1.29, 1.82) is 0 Å². The molecule has 6 heteroatoms. The second-order valence-electron chi connectivity index (χ2n) is 4.78. The van der Waals surface area contributed by atoms with Crippen molar-refractivity contribution in [1.82, 2.24) is 4.72 Å². The van der Waals surface area contributed by atoms with E-state index in [-0.39, 0.29) is 11.4 Å². The van der Waals surface area contributed by atoms with Crippen LogP contribution in [0.1, 0.15) is 16.7 Å². The minimum absolute atomic E-state index is 0.0978. The summed E-state index contributed by atoms with van der Waals surface area (Å²) in [7, 11) is -3.88. The number of halogens is 1. The summed E-state index contributed by atoms with van der Waals surface area (Å²) < 4.78 is 40.3. The molecule has 0 saturated carbocycles. The van der Waals surface area contributed by atoms with Gasteiger partial charge in [-0.2, -0.15) is 0 Å². The van der Waals surface area contributed by atoms with Crippen molar-refractivity contribution in [3.63, 3.8) is 0 Å². The highest BCUT2D eigenvalue weighted by Crippen LogP contribution is 2.16. The molecular weight excluding hydrogens is 291 g/mol. The molecule has 2 aromatic rings. The van der Waals surface area contributed by atoms with Gasteiger partial charge in [-0.25, -0.2) is 17.5 Å². The lowest BCUT2D eigenvalue weighted by Crippen LogP contribution is -2.24. The zero-order valence-electron chi connectivity index (χ0n) is 11.6. The van der Waals surface area contributed by atoms with Gasteiger partial charge in [-0.05, 0) is 35.7 Å². The van der Waals surface area contributed by atoms with E-state index in [2.05, 4.69) is 4.72 Å². The molecule has 0 aliphatic carbocycles. The number of nitrogens with one attached hydrogen (secondary N) is 1. The van der Waals surface area contributed by atoms with Gasteiger partial charge in [0.15, 0.2) is 0 Å². The van der Waals surface area contributed by atoms with Crippen LogP contribution in [-0.4, -0.2) is 8.42 Å². The summed E-state index contributed by atoms with van der Waals surface area (Å²) in [5, 5.41) is 0. The van der Waals surface area contributed by atoms with E-state index in [1.54, 1.807) is 19.1 Å². The first-order valence-electron chi connectivity index (χ1n) is 6.46. The molecule has 0 aromatic heterocycles. The maximum Gasteiger partial charge on any atom is 0.243 e. The monoisotopic (exact) mass is 308 g/mol. The molecule has 0 fully saturated rings. The quantitative estimate of drug-likeness (QED) is 0.888. The molecular formula is C15H17FN2O2S. The van der Waals surface area contributed by atoms with Gasteiger partial charge < -0.3 is 5.73 Å². The van der Waals surface area contributed by atoms with Gasteiger partial charge in [0.25, 0.3) is 0 Å². The molecule has 0 aliphatic rings. The molecule has 4 nitrogen and oxygen atoms in total. The fourth-order valence-electron chi connectivity index (χ4n) is 1.87. The maximum absolute atomic E-state index is 13.7. The first kappa shape index (κ1) is 15.6. The number of nitrogens with two attached hydrogens (primary N) is 1. The molecule has 0 amide bonds. The van der Waals surface area contributed by atoms with E-state index in [4.69, 9.17) is 5.73 Å². The van der Waals surface area contributed by atoms with E-state index in [1.807, 2.05) is 12.1 Å². The molecule has 112 valence electrons. The highest BCUT2D eigenvalue weighted by atomic mass is 32.2. The summed E-state index contributed by atoms with van der Waals surface area (Å²) in [5.41, 5.74) is 7.93. The van der Waals surface area contributed by atoms with Crippen LogP contribution in [0.4, 0.5) is 4.39 Å². The average Bonchev–Trinajstić information content (AvgIpc) is 2.48. The number of aryl methyl sites for hydroxylation is 1. The van der Waals surface area contributed by atoms with Crippen molar-refractivity contribution in [3.8, 4) is 0 Å². The third-order valence-corrected chi connectivity index (χ3v) is 4.52. The Morgan fingerprint density at radius 2 is 1.71 bits per heavy atom. The second kappa shape index (κ2) is 6.34. The van der Waals surface area contributed by atoms with Crippen LogP contribution in [-0.2, 0) is 23.1 Å². The molecule has 2 aromatic carbocycles. The summed E-state index contributed by atoms with van der Waals surface area (Å²) in [4.78, 5) is -0.332. The Kier molecular flexibility index (Phi) is 4.72. The number of benzene rings is 2. The van der Waals surface area contributed by atoms with E-state index in [0.717, 1.165) is 17.2 Å². The van der Waals surface area contributed by atoms with Crippen LogP contribution < -0.4 is 10.5 Å². The molecule has 0 radical (unpaired) electrons. The van der Waals surface area contributed by atoms with Gasteiger partial charge in [0, 0.05) is 13.1 Å². The highest BCUT2D eigenvalue weighted by Gasteiger charge is 2.18. The fourth-order valence-corrected chi connectivity index (χ4v) is 3.04. The van der Waals surface area contributed by atoms with Crippen molar-refractivity contribution in [2.24, 2.45) is 5.73 Å².